The molecule has 3 aromatic carbocycles. The van der Waals surface area contributed by atoms with Crippen molar-refractivity contribution in [2.75, 3.05) is 19.6 Å². The standard InChI is InChI=1S/C29H32N2O3/c1-2-15-31-16-14-28(24-8-5-9-26(32)18-24)19-25(12-13-29(28,34)20-31)30-27(33)23-11-10-21-6-3-4-7-22(21)17-23/h2-11,17-18,25,32,34H,1,12-16,19-20H2,(H,30,33)/t25-,28-,29-/m0/s1. The minimum atomic E-state index is -0.938. The maximum Gasteiger partial charge on any atom is 0.251 e. The third-order valence-electron chi connectivity index (χ3n) is 7.86. The van der Waals surface area contributed by atoms with Crippen LogP contribution in [0.25, 0.3) is 10.8 Å². The molecule has 2 aliphatic rings. The first-order valence-electron chi connectivity index (χ1n) is 12.1. The van der Waals surface area contributed by atoms with Crippen LogP contribution in [0.2, 0.25) is 0 Å². The lowest BCUT2D eigenvalue weighted by atomic mass is 9.55. The Morgan fingerprint density at radius 1 is 1.09 bits per heavy atom. The van der Waals surface area contributed by atoms with Gasteiger partial charge in [-0.25, -0.2) is 0 Å². The molecule has 3 atom stereocenters. The van der Waals surface area contributed by atoms with E-state index in [2.05, 4.69) is 16.8 Å². The number of β-amino-alcohol motifs (C(OH)–C–C–N with tert-alkyl or cyclic N) is 1. The topological polar surface area (TPSA) is 72.8 Å². The Kier molecular flexibility index (Phi) is 5.92. The summed E-state index contributed by atoms with van der Waals surface area (Å²) in [7, 11) is 0. The van der Waals surface area contributed by atoms with Crippen LogP contribution in [-0.4, -0.2) is 52.3 Å². The average molecular weight is 457 g/mol. The van der Waals surface area contributed by atoms with E-state index in [0.29, 0.717) is 31.4 Å². The van der Waals surface area contributed by atoms with Crippen LogP contribution in [0.3, 0.4) is 0 Å². The summed E-state index contributed by atoms with van der Waals surface area (Å²) in [5.74, 6) is 0.112. The van der Waals surface area contributed by atoms with Crippen LogP contribution in [-0.2, 0) is 5.41 Å². The summed E-state index contributed by atoms with van der Waals surface area (Å²) in [5.41, 5.74) is 0.111. The van der Waals surface area contributed by atoms with Crippen molar-refractivity contribution in [3.63, 3.8) is 0 Å². The number of nitrogens with zero attached hydrogens (tertiary/aromatic N) is 1. The second kappa shape index (κ2) is 8.90. The van der Waals surface area contributed by atoms with Gasteiger partial charge < -0.3 is 15.5 Å². The molecule has 2 fully saturated rings. The van der Waals surface area contributed by atoms with Gasteiger partial charge in [-0.05, 0) is 72.8 Å². The number of hydrogen-bond donors (Lipinski definition) is 3. The van der Waals surface area contributed by atoms with E-state index in [0.717, 1.165) is 35.8 Å². The number of fused-ring (bicyclic) bond motifs is 2. The number of aliphatic hydroxyl groups is 1. The van der Waals surface area contributed by atoms with E-state index in [9.17, 15) is 15.0 Å². The molecule has 0 radical (unpaired) electrons. The van der Waals surface area contributed by atoms with Crippen molar-refractivity contribution < 1.29 is 15.0 Å². The third kappa shape index (κ3) is 3.99. The number of hydrogen-bond acceptors (Lipinski definition) is 4. The minimum Gasteiger partial charge on any atom is -0.508 e. The number of aromatic hydroxyl groups is 1. The molecule has 0 spiro atoms. The van der Waals surface area contributed by atoms with E-state index in [4.69, 9.17) is 0 Å². The molecule has 34 heavy (non-hydrogen) atoms. The zero-order valence-corrected chi connectivity index (χ0v) is 19.4. The molecule has 0 bridgehead atoms. The highest BCUT2D eigenvalue weighted by Gasteiger charge is 2.57. The van der Waals surface area contributed by atoms with Gasteiger partial charge in [0.15, 0.2) is 0 Å². The maximum atomic E-state index is 13.2. The second-order valence-corrected chi connectivity index (χ2v) is 9.91. The van der Waals surface area contributed by atoms with Crippen LogP contribution in [0, 0.1) is 0 Å². The van der Waals surface area contributed by atoms with Gasteiger partial charge in [-0.1, -0.05) is 48.5 Å². The largest absolute Gasteiger partial charge is 0.508 e. The molecule has 1 heterocycles. The molecule has 3 aromatic rings. The van der Waals surface area contributed by atoms with Crippen molar-refractivity contribution in [1.82, 2.24) is 10.2 Å². The van der Waals surface area contributed by atoms with Gasteiger partial charge in [-0.15, -0.1) is 6.58 Å². The lowest BCUT2D eigenvalue weighted by Gasteiger charge is -2.58. The van der Waals surface area contributed by atoms with Crippen molar-refractivity contribution in [2.45, 2.75) is 42.7 Å². The van der Waals surface area contributed by atoms with Gasteiger partial charge in [0.2, 0.25) is 0 Å². The maximum absolute atomic E-state index is 13.2. The van der Waals surface area contributed by atoms with E-state index in [1.165, 1.54) is 0 Å². The molecular formula is C29H32N2O3. The van der Waals surface area contributed by atoms with Gasteiger partial charge in [0.05, 0.1) is 5.60 Å². The molecule has 176 valence electrons. The Hall–Kier alpha value is -3.15. The van der Waals surface area contributed by atoms with Crippen LogP contribution in [0.1, 0.15) is 41.6 Å². The fourth-order valence-corrected chi connectivity index (χ4v) is 6.12. The summed E-state index contributed by atoms with van der Waals surface area (Å²) < 4.78 is 0. The number of benzene rings is 3. The molecule has 1 saturated carbocycles. The zero-order valence-electron chi connectivity index (χ0n) is 19.4. The predicted molar refractivity (Wildman–Crippen MR) is 135 cm³/mol. The van der Waals surface area contributed by atoms with Gasteiger partial charge in [0, 0.05) is 30.1 Å². The van der Waals surface area contributed by atoms with E-state index < -0.39 is 11.0 Å². The molecule has 1 saturated heterocycles. The number of nitrogens with one attached hydrogen (secondary N) is 1. The van der Waals surface area contributed by atoms with Crippen molar-refractivity contribution >= 4 is 16.7 Å². The molecular weight excluding hydrogens is 424 g/mol. The Labute approximate surface area is 200 Å². The molecule has 1 aliphatic carbocycles. The SMILES string of the molecule is C=CCN1CC[C@@]2(c3cccc(O)c3)C[C@@H](NC(=O)c3ccc4ccccc4c3)CC[C@]2(O)C1. The summed E-state index contributed by atoms with van der Waals surface area (Å²) >= 11 is 0. The third-order valence-corrected chi connectivity index (χ3v) is 7.86. The predicted octanol–water partition coefficient (Wildman–Crippen LogP) is 4.39. The summed E-state index contributed by atoms with van der Waals surface area (Å²) in [5, 5.41) is 27.6. The fraction of sp³-hybridized carbons (Fsp3) is 0.345. The zero-order chi connectivity index (χ0) is 23.8. The average Bonchev–Trinajstić information content (AvgIpc) is 2.84. The Bertz CT molecular complexity index is 1220. The molecule has 0 unspecified atom stereocenters. The van der Waals surface area contributed by atoms with Gasteiger partial charge in [0.25, 0.3) is 5.91 Å². The van der Waals surface area contributed by atoms with Crippen LogP contribution in [0.4, 0.5) is 0 Å². The number of phenolic OH excluding ortho intramolecular Hbond substituents is 1. The number of likely N-dealkylation sites (tertiary alicyclic amines) is 1. The van der Waals surface area contributed by atoms with Gasteiger partial charge in [-0.2, -0.15) is 0 Å². The number of carbonyl (C=O) groups is 1. The molecule has 5 nitrogen and oxygen atoms in total. The minimum absolute atomic E-state index is 0.0625. The van der Waals surface area contributed by atoms with Crippen LogP contribution >= 0.6 is 0 Å². The quantitative estimate of drug-likeness (QED) is 0.498. The number of piperidine rings is 1. The van der Waals surface area contributed by atoms with Gasteiger partial charge in [-0.3, -0.25) is 9.69 Å². The summed E-state index contributed by atoms with van der Waals surface area (Å²) in [6.07, 6.45) is 4.55. The number of carbonyl (C=O) groups excluding carboxylic acids is 1. The smallest absolute Gasteiger partial charge is 0.251 e. The first-order chi connectivity index (χ1) is 16.4. The van der Waals surface area contributed by atoms with Crippen molar-refractivity contribution in [3.8, 4) is 5.75 Å². The second-order valence-electron chi connectivity index (χ2n) is 9.91. The highest BCUT2D eigenvalue weighted by atomic mass is 16.3. The summed E-state index contributed by atoms with van der Waals surface area (Å²) in [4.78, 5) is 15.4. The molecule has 0 aromatic heterocycles. The van der Waals surface area contributed by atoms with E-state index >= 15 is 0 Å². The first-order valence-corrected chi connectivity index (χ1v) is 12.1. The van der Waals surface area contributed by atoms with E-state index in [-0.39, 0.29) is 17.7 Å². The van der Waals surface area contributed by atoms with Crippen molar-refractivity contribution in [1.29, 1.82) is 0 Å². The first kappa shape index (κ1) is 22.6. The Balaban J connectivity index is 1.42. The number of phenols is 1. The number of amides is 1. The van der Waals surface area contributed by atoms with Crippen LogP contribution in [0.15, 0.2) is 79.4 Å². The highest BCUT2D eigenvalue weighted by molar-refractivity contribution is 5.98. The highest BCUT2D eigenvalue weighted by Crippen LogP contribution is 2.52. The molecule has 1 aliphatic heterocycles. The molecule has 5 rings (SSSR count). The normalized spacial score (nSPS) is 27.1. The van der Waals surface area contributed by atoms with Gasteiger partial charge >= 0.3 is 0 Å². The van der Waals surface area contributed by atoms with Gasteiger partial charge in [0.1, 0.15) is 5.75 Å². The lowest BCUT2D eigenvalue weighted by Crippen LogP contribution is -2.67. The summed E-state index contributed by atoms with van der Waals surface area (Å²) in [6, 6.07) is 21.0. The van der Waals surface area contributed by atoms with Crippen LogP contribution < -0.4 is 5.32 Å². The molecule has 3 N–H and O–H groups in total. The van der Waals surface area contributed by atoms with Crippen LogP contribution in [0.5, 0.6) is 5.75 Å². The van der Waals surface area contributed by atoms with E-state index in [1.807, 2.05) is 60.7 Å². The molecule has 1 amide bonds. The summed E-state index contributed by atoms with van der Waals surface area (Å²) in [6.45, 7) is 5.98. The van der Waals surface area contributed by atoms with Crippen molar-refractivity contribution in [3.05, 3.63) is 90.5 Å². The monoisotopic (exact) mass is 456 g/mol. The lowest BCUT2D eigenvalue weighted by molar-refractivity contribution is -0.123. The number of rotatable bonds is 5. The van der Waals surface area contributed by atoms with Crippen molar-refractivity contribution in [2.24, 2.45) is 0 Å². The fourth-order valence-electron chi connectivity index (χ4n) is 6.12. The molecule has 5 heteroatoms. The Morgan fingerprint density at radius 2 is 1.91 bits per heavy atom. The van der Waals surface area contributed by atoms with E-state index in [1.54, 1.807) is 12.1 Å². The Morgan fingerprint density at radius 3 is 2.71 bits per heavy atom.